The Morgan fingerprint density at radius 1 is 0.919 bits per heavy atom. The molecule has 2 aromatic carbocycles. The van der Waals surface area contributed by atoms with Gasteiger partial charge in [0.25, 0.3) is 5.91 Å². The fraction of sp³-hybridized carbons (Fsp3) is 0.484. The largest absolute Gasteiger partial charge is 0.507 e. The Morgan fingerprint density at radius 3 is 2.16 bits per heavy atom. The van der Waals surface area contributed by atoms with Gasteiger partial charge in [0.2, 0.25) is 0 Å². The monoisotopic (exact) mass is 540 g/mol. The number of hydrogen-bond acceptors (Lipinski definition) is 4. The number of hydrazone groups is 1. The van der Waals surface area contributed by atoms with E-state index >= 15 is 0 Å². The Bertz CT molecular complexity index is 1140. The standard InChI is InChI=1S/C31H41ClN2O2S/c1-2-3-4-5-6-7-8-9-10-11-12-13-14-17-24-20-21-25(27(35)22-24)23-33-34-31(36)30-29(32)26-18-15-16-19-28(26)37-30/h15-16,18-23,35H,2-14,17H2,1H3,(H,34,36)/b33-23+. The zero-order valence-electron chi connectivity index (χ0n) is 22.1. The number of aromatic hydroxyl groups is 1. The maximum Gasteiger partial charge on any atom is 0.283 e. The number of phenolic OH excluding ortho intramolecular Hbond substituents is 1. The number of aryl methyl sites for hydroxylation is 1. The summed E-state index contributed by atoms with van der Waals surface area (Å²) in [6.07, 6.45) is 19.9. The molecule has 3 rings (SSSR count). The molecular formula is C31H41ClN2O2S. The van der Waals surface area contributed by atoms with Crippen LogP contribution in [0.4, 0.5) is 0 Å². The van der Waals surface area contributed by atoms with Crippen LogP contribution in [0.1, 0.15) is 111 Å². The molecule has 0 fully saturated rings. The minimum Gasteiger partial charge on any atom is -0.507 e. The molecule has 0 saturated heterocycles. The van der Waals surface area contributed by atoms with Crippen LogP contribution >= 0.6 is 22.9 Å². The van der Waals surface area contributed by atoms with Crippen LogP contribution in [-0.2, 0) is 6.42 Å². The van der Waals surface area contributed by atoms with Gasteiger partial charge < -0.3 is 5.11 Å². The molecule has 0 spiro atoms. The van der Waals surface area contributed by atoms with Gasteiger partial charge >= 0.3 is 0 Å². The number of amides is 1. The molecule has 0 atom stereocenters. The quantitative estimate of drug-likeness (QED) is 0.102. The third-order valence-corrected chi connectivity index (χ3v) is 8.45. The van der Waals surface area contributed by atoms with Crippen LogP contribution in [0, 0.1) is 0 Å². The van der Waals surface area contributed by atoms with Crippen molar-refractivity contribution >= 4 is 45.1 Å². The van der Waals surface area contributed by atoms with E-state index in [4.69, 9.17) is 11.6 Å². The number of nitrogens with zero attached hydrogens (tertiary/aromatic N) is 1. The first-order valence-electron chi connectivity index (χ1n) is 13.9. The smallest absolute Gasteiger partial charge is 0.283 e. The van der Waals surface area contributed by atoms with Gasteiger partial charge in [0.15, 0.2) is 0 Å². The molecule has 0 aliphatic rings. The van der Waals surface area contributed by atoms with Crippen molar-refractivity contribution in [3.63, 3.8) is 0 Å². The van der Waals surface area contributed by atoms with Gasteiger partial charge in [-0.15, -0.1) is 11.3 Å². The van der Waals surface area contributed by atoms with Gasteiger partial charge in [-0.25, -0.2) is 5.43 Å². The predicted molar refractivity (Wildman–Crippen MR) is 159 cm³/mol. The van der Waals surface area contributed by atoms with E-state index in [1.54, 1.807) is 6.07 Å². The lowest BCUT2D eigenvalue weighted by atomic mass is 10.0. The number of thiophene rings is 1. The van der Waals surface area contributed by atoms with Crippen LogP contribution in [0.5, 0.6) is 5.75 Å². The second-order valence-corrected chi connectivity index (χ2v) is 11.3. The number of nitrogens with one attached hydrogen (secondary N) is 1. The fourth-order valence-corrected chi connectivity index (χ4v) is 5.98. The lowest BCUT2D eigenvalue weighted by Crippen LogP contribution is -2.16. The van der Waals surface area contributed by atoms with Gasteiger partial charge in [0.1, 0.15) is 10.6 Å². The molecule has 0 aliphatic carbocycles. The minimum absolute atomic E-state index is 0.171. The number of fused-ring (bicyclic) bond motifs is 1. The number of carbonyl (C=O) groups is 1. The first-order valence-corrected chi connectivity index (χ1v) is 15.1. The molecule has 200 valence electrons. The van der Waals surface area contributed by atoms with Gasteiger partial charge in [-0.3, -0.25) is 4.79 Å². The Labute approximate surface area is 231 Å². The Morgan fingerprint density at radius 2 is 1.54 bits per heavy atom. The lowest BCUT2D eigenvalue weighted by molar-refractivity contribution is 0.0959. The van der Waals surface area contributed by atoms with E-state index in [0.29, 0.717) is 15.5 Å². The highest BCUT2D eigenvalue weighted by molar-refractivity contribution is 7.21. The second kappa shape index (κ2) is 16.5. The molecule has 2 N–H and O–H groups in total. The number of rotatable bonds is 17. The first kappa shape index (κ1) is 29.2. The number of unbranched alkanes of at least 4 members (excludes halogenated alkanes) is 12. The molecule has 6 heteroatoms. The van der Waals surface area contributed by atoms with E-state index in [9.17, 15) is 9.90 Å². The van der Waals surface area contributed by atoms with Gasteiger partial charge in [-0.1, -0.05) is 120 Å². The number of benzene rings is 2. The summed E-state index contributed by atoms with van der Waals surface area (Å²) in [5.41, 5.74) is 4.21. The van der Waals surface area contributed by atoms with Crippen molar-refractivity contribution in [1.82, 2.24) is 5.43 Å². The van der Waals surface area contributed by atoms with Crippen LogP contribution in [0.25, 0.3) is 10.1 Å². The maximum atomic E-state index is 12.5. The molecular weight excluding hydrogens is 500 g/mol. The highest BCUT2D eigenvalue weighted by Crippen LogP contribution is 2.35. The zero-order valence-corrected chi connectivity index (χ0v) is 23.7. The van der Waals surface area contributed by atoms with Crippen LogP contribution in [-0.4, -0.2) is 17.2 Å². The topological polar surface area (TPSA) is 61.7 Å². The Hall–Kier alpha value is -2.37. The van der Waals surface area contributed by atoms with Crippen molar-refractivity contribution in [1.29, 1.82) is 0 Å². The summed E-state index contributed by atoms with van der Waals surface area (Å²) in [5.74, 6) is -0.189. The van der Waals surface area contributed by atoms with Crippen molar-refractivity contribution in [3.05, 3.63) is 63.5 Å². The van der Waals surface area contributed by atoms with Crippen LogP contribution in [0.2, 0.25) is 5.02 Å². The van der Waals surface area contributed by atoms with Gasteiger partial charge in [-0.05, 0) is 36.6 Å². The molecule has 0 bridgehead atoms. The van der Waals surface area contributed by atoms with Crippen molar-refractivity contribution < 1.29 is 9.90 Å². The summed E-state index contributed by atoms with van der Waals surface area (Å²) in [4.78, 5) is 12.9. The average molecular weight is 541 g/mol. The SMILES string of the molecule is CCCCCCCCCCCCCCCc1ccc(/C=N/NC(=O)c2sc3ccccc3c2Cl)c(O)c1. The summed E-state index contributed by atoms with van der Waals surface area (Å²) in [6.45, 7) is 2.27. The molecule has 0 aliphatic heterocycles. The lowest BCUT2D eigenvalue weighted by Gasteiger charge is -2.05. The van der Waals surface area contributed by atoms with Crippen molar-refractivity contribution in [2.24, 2.45) is 5.10 Å². The van der Waals surface area contributed by atoms with Gasteiger partial charge in [0, 0.05) is 15.6 Å². The summed E-state index contributed by atoms with van der Waals surface area (Å²) >= 11 is 7.70. The number of halogens is 1. The highest BCUT2D eigenvalue weighted by Gasteiger charge is 2.16. The summed E-state index contributed by atoms with van der Waals surface area (Å²) in [6, 6.07) is 13.3. The number of carbonyl (C=O) groups excluding carboxylic acids is 1. The maximum absolute atomic E-state index is 12.5. The summed E-state index contributed by atoms with van der Waals surface area (Å²) in [7, 11) is 0. The van der Waals surface area contributed by atoms with E-state index in [1.165, 1.54) is 94.6 Å². The van der Waals surface area contributed by atoms with E-state index in [0.717, 1.165) is 28.5 Å². The number of hydrogen-bond donors (Lipinski definition) is 2. The van der Waals surface area contributed by atoms with E-state index < -0.39 is 0 Å². The minimum atomic E-state index is -0.360. The van der Waals surface area contributed by atoms with Crippen molar-refractivity contribution in [2.45, 2.75) is 96.8 Å². The van der Waals surface area contributed by atoms with Crippen LogP contribution in [0.3, 0.4) is 0 Å². The molecule has 1 amide bonds. The average Bonchev–Trinajstić information content (AvgIpc) is 3.24. The normalized spacial score (nSPS) is 11.5. The first-order chi connectivity index (χ1) is 18.1. The van der Waals surface area contributed by atoms with Crippen LogP contribution in [0.15, 0.2) is 47.6 Å². The van der Waals surface area contributed by atoms with E-state index in [1.807, 2.05) is 36.4 Å². The van der Waals surface area contributed by atoms with E-state index in [2.05, 4.69) is 17.5 Å². The summed E-state index contributed by atoms with van der Waals surface area (Å²) in [5, 5.41) is 15.7. The van der Waals surface area contributed by atoms with Crippen molar-refractivity contribution in [2.75, 3.05) is 0 Å². The predicted octanol–water partition coefficient (Wildman–Crippen LogP) is 9.66. The third kappa shape index (κ3) is 9.79. The molecule has 1 heterocycles. The molecule has 0 unspecified atom stereocenters. The molecule has 3 aromatic rings. The molecule has 0 radical (unpaired) electrons. The number of phenols is 1. The van der Waals surface area contributed by atoms with Gasteiger partial charge in [-0.2, -0.15) is 5.10 Å². The summed E-state index contributed by atoms with van der Waals surface area (Å²) < 4.78 is 0.957. The van der Waals surface area contributed by atoms with Gasteiger partial charge in [0.05, 0.1) is 11.2 Å². The van der Waals surface area contributed by atoms with Crippen molar-refractivity contribution in [3.8, 4) is 5.75 Å². The highest BCUT2D eigenvalue weighted by atomic mass is 35.5. The fourth-order valence-electron chi connectivity index (χ4n) is 4.57. The molecule has 0 saturated carbocycles. The zero-order chi connectivity index (χ0) is 26.3. The Kier molecular flexibility index (Phi) is 13.0. The van der Waals surface area contributed by atoms with Crippen LogP contribution < -0.4 is 5.43 Å². The molecule has 1 aromatic heterocycles. The third-order valence-electron chi connectivity index (χ3n) is 6.77. The molecule has 37 heavy (non-hydrogen) atoms. The second-order valence-electron chi connectivity index (χ2n) is 9.83. The Balaban J connectivity index is 1.31. The van der Waals surface area contributed by atoms with E-state index in [-0.39, 0.29) is 11.7 Å². The molecule has 4 nitrogen and oxygen atoms in total.